The first-order valence-electron chi connectivity index (χ1n) is 6.68. The monoisotopic (exact) mass is 276 g/mol. The minimum absolute atomic E-state index is 0.275. The van der Waals surface area contributed by atoms with Crippen LogP contribution in [0, 0.1) is 11.6 Å². The highest BCUT2D eigenvalue weighted by atomic mass is 19.1. The standard InChI is InChI=1S/C16H18F2N2/c1-2-20(13-6-3-5-12(17)11-13)16-8-4-7-15(18)14(16)9-10-19/h3-8,11H,2,9-10,19H2,1H3. The minimum Gasteiger partial charge on any atom is -0.341 e. The van der Waals surface area contributed by atoms with Crippen molar-refractivity contribution < 1.29 is 8.78 Å². The van der Waals surface area contributed by atoms with Crippen LogP contribution in [0.3, 0.4) is 0 Å². The average Bonchev–Trinajstić information content (AvgIpc) is 2.43. The van der Waals surface area contributed by atoms with Crippen molar-refractivity contribution in [2.45, 2.75) is 13.3 Å². The Bertz CT molecular complexity index is 584. The van der Waals surface area contributed by atoms with Crippen LogP contribution in [0.5, 0.6) is 0 Å². The maximum atomic E-state index is 14.0. The van der Waals surface area contributed by atoms with E-state index >= 15 is 0 Å². The molecule has 0 saturated carbocycles. The highest BCUT2D eigenvalue weighted by molar-refractivity contribution is 5.66. The van der Waals surface area contributed by atoms with Gasteiger partial charge in [0.1, 0.15) is 11.6 Å². The highest BCUT2D eigenvalue weighted by Crippen LogP contribution is 2.30. The molecule has 0 aliphatic rings. The summed E-state index contributed by atoms with van der Waals surface area (Å²) < 4.78 is 27.4. The van der Waals surface area contributed by atoms with Crippen molar-refractivity contribution >= 4 is 11.4 Å². The highest BCUT2D eigenvalue weighted by Gasteiger charge is 2.15. The molecule has 0 aliphatic heterocycles. The van der Waals surface area contributed by atoms with Gasteiger partial charge in [-0.25, -0.2) is 8.78 Å². The van der Waals surface area contributed by atoms with E-state index in [1.165, 1.54) is 18.2 Å². The molecule has 0 heterocycles. The normalized spacial score (nSPS) is 10.6. The van der Waals surface area contributed by atoms with Crippen LogP contribution in [0.2, 0.25) is 0 Å². The molecule has 2 N–H and O–H groups in total. The molecule has 0 unspecified atom stereocenters. The topological polar surface area (TPSA) is 29.3 Å². The van der Waals surface area contributed by atoms with Gasteiger partial charge in [-0.05, 0) is 50.2 Å². The fraction of sp³-hybridized carbons (Fsp3) is 0.250. The minimum atomic E-state index is -0.308. The lowest BCUT2D eigenvalue weighted by Crippen LogP contribution is -2.19. The number of hydrogen-bond acceptors (Lipinski definition) is 2. The molecule has 0 spiro atoms. The van der Waals surface area contributed by atoms with Crippen LogP contribution in [-0.2, 0) is 6.42 Å². The number of nitrogens with two attached hydrogens (primary N) is 1. The van der Waals surface area contributed by atoms with E-state index in [0.717, 1.165) is 5.69 Å². The SMILES string of the molecule is CCN(c1cccc(F)c1)c1cccc(F)c1CCN. The van der Waals surface area contributed by atoms with Crippen molar-refractivity contribution in [2.75, 3.05) is 18.0 Å². The van der Waals surface area contributed by atoms with Gasteiger partial charge in [-0.15, -0.1) is 0 Å². The zero-order valence-corrected chi connectivity index (χ0v) is 11.4. The Morgan fingerprint density at radius 1 is 1.10 bits per heavy atom. The summed E-state index contributed by atoms with van der Waals surface area (Å²) in [5.74, 6) is -0.583. The van der Waals surface area contributed by atoms with E-state index in [1.54, 1.807) is 12.1 Å². The van der Waals surface area contributed by atoms with E-state index < -0.39 is 0 Å². The van der Waals surface area contributed by atoms with Gasteiger partial charge >= 0.3 is 0 Å². The Hall–Kier alpha value is -1.94. The largest absolute Gasteiger partial charge is 0.341 e. The molecule has 0 aromatic heterocycles. The molecule has 2 rings (SSSR count). The summed E-state index contributed by atoms with van der Waals surface area (Å²) in [5, 5.41) is 0. The van der Waals surface area contributed by atoms with Crippen LogP contribution in [-0.4, -0.2) is 13.1 Å². The third-order valence-corrected chi connectivity index (χ3v) is 3.22. The summed E-state index contributed by atoms with van der Waals surface area (Å²) in [5.41, 5.74) is 7.57. The number of hydrogen-bond donors (Lipinski definition) is 1. The second-order valence-corrected chi connectivity index (χ2v) is 4.50. The maximum absolute atomic E-state index is 14.0. The lowest BCUT2D eigenvalue weighted by atomic mass is 10.1. The van der Waals surface area contributed by atoms with Crippen LogP contribution in [0.15, 0.2) is 42.5 Å². The van der Waals surface area contributed by atoms with Crippen molar-refractivity contribution in [3.8, 4) is 0 Å². The number of rotatable bonds is 5. The van der Waals surface area contributed by atoms with Crippen molar-refractivity contribution in [3.05, 3.63) is 59.7 Å². The van der Waals surface area contributed by atoms with Gasteiger partial charge in [0.25, 0.3) is 0 Å². The molecule has 4 heteroatoms. The lowest BCUT2D eigenvalue weighted by Gasteiger charge is -2.26. The van der Waals surface area contributed by atoms with Crippen LogP contribution in [0.4, 0.5) is 20.2 Å². The Kier molecular flexibility index (Phi) is 4.69. The Balaban J connectivity index is 2.49. The predicted molar refractivity (Wildman–Crippen MR) is 78.2 cm³/mol. The smallest absolute Gasteiger partial charge is 0.128 e. The third-order valence-electron chi connectivity index (χ3n) is 3.22. The van der Waals surface area contributed by atoms with Crippen molar-refractivity contribution in [2.24, 2.45) is 5.73 Å². The summed E-state index contributed by atoms with van der Waals surface area (Å²) in [7, 11) is 0. The van der Waals surface area contributed by atoms with Crippen LogP contribution < -0.4 is 10.6 Å². The summed E-state index contributed by atoms with van der Waals surface area (Å²) in [6, 6.07) is 11.2. The van der Waals surface area contributed by atoms with Crippen molar-refractivity contribution in [1.29, 1.82) is 0 Å². The van der Waals surface area contributed by atoms with Gasteiger partial charge in [-0.3, -0.25) is 0 Å². The molecular weight excluding hydrogens is 258 g/mol. The van der Waals surface area contributed by atoms with Gasteiger partial charge in [0.2, 0.25) is 0 Å². The second kappa shape index (κ2) is 6.48. The molecule has 20 heavy (non-hydrogen) atoms. The van der Waals surface area contributed by atoms with E-state index in [1.807, 2.05) is 24.0 Å². The molecule has 106 valence electrons. The molecule has 2 aromatic rings. The van der Waals surface area contributed by atoms with Gasteiger partial charge < -0.3 is 10.6 Å². The molecule has 0 saturated heterocycles. The summed E-state index contributed by atoms with van der Waals surface area (Å²) >= 11 is 0. The van der Waals surface area contributed by atoms with Gasteiger partial charge in [0.15, 0.2) is 0 Å². The summed E-state index contributed by atoms with van der Waals surface area (Å²) in [6.07, 6.45) is 0.452. The van der Waals surface area contributed by atoms with Gasteiger partial charge in [-0.1, -0.05) is 12.1 Å². The maximum Gasteiger partial charge on any atom is 0.128 e. The fourth-order valence-electron chi connectivity index (χ4n) is 2.33. The first kappa shape index (κ1) is 14.5. The van der Waals surface area contributed by atoms with Crippen LogP contribution in [0.1, 0.15) is 12.5 Å². The molecule has 0 radical (unpaired) electrons. The number of anilines is 2. The molecule has 0 amide bonds. The number of benzene rings is 2. The van der Waals surface area contributed by atoms with E-state index in [4.69, 9.17) is 5.73 Å². The molecule has 0 aliphatic carbocycles. The van der Waals surface area contributed by atoms with Crippen molar-refractivity contribution in [3.63, 3.8) is 0 Å². The van der Waals surface area contributed by atoms with Crippen molar-refractivity contribution in [1.82, 2.24) is 0 Å². The molecule has 2 nitrogen and oxygen atoms in total. The lowest BCUT2D eigenvalue weighted by molar-refractivity contribution is 0.609. The van der Waals surface area contributed by atoms with Crippen LogP contribution in [0.25, 0.3) is 0 Å². The van der Waals surface area contributed by atoms with Gasteiger partial charge in [-0.2, -0.15) is 0 Å². The molecule has 0 fully saturated rings. The Morgan fingerprint density at radius 2 is 1.85 bits per heavy atom. The van der Waals surface area contributed by atoms with Gasteiger partial charge in [0, 0.05) is 23.5 Å². The molecular formula is C16H18F2N2. The molecule has 2 aromatic carbocycles. The second-order valence-electron chi connectivity index (χ2n) is 4.50. The zero-order valence-electron chi connectivity index (χ0n) is 11.4. The van der Waals surface area contributed by atoms with E-state index in [-0.39, 0.29) is 11.6 Å². The van der Waals surface area contributed by atoms with Gasteiger partial charge in [0.05, 0.1) is 0 Å². The van der Waals surface area contributed by atoms with Crippen LogP contribution >= 0.6 is 0 Å². The summed E-state index contributed by atoms with van der Waals surface area (Å²) in [6.45, 7) is 2.93. The average molecular weight is 276 g/mol. The number of halogens is 2. The number of nitrogens with zero attached hydrogens (tertiary/aromatic N) is 1. The quantitative estimate of drug-likeness (QED) is 0.903. The molecule has 0 bridgehead atoms. The third kappa shape index (κ3) is 2.96. The predicted octanol–water partition coefficient (Wildman–Crippen LogP) is 3.62. The zero-order chi connectivity index (χ0) is 14.5. The first-order valence-corrected chi connectivity index (χ1v) is 6.68. The van der Waals surface area contributed by atoms with E-state index in [0.29, 0.717) is 30.8 Å². The Morgan fingerprint density at radius 3 is 2.50 bits per heavy atom. The molecule has 0 atom stereocenters. The summed E-state index contributed by atoms with van der Waals surface area (Å²) in [4.78, 5) is 1.89. The Labute approximate surface area is 117 Å². The fourth-order valence-corrected chi connectivity index (χ4v) is 2.33. The van der Waals surface area contributed by atoms with E-state index in [9.17, 15) is 8.78 Å². The van der Waals surface area contributed by atoms with E-state index in [2.05, 4.69) is 0 Å². The first-order chi connectivity index (χ1) is 9.67.